The summed E-state index contributed by atoms with van der Waals surface area (Å²) < 4.78 is 16.8. The van der Waals surface area contributed by atoms with Crippen molar-refractivity contribution in [2.75, 3.05) is 13.2 Å². The maximum atomic E-state index is 12.7. The molecule has 0 bridgehead atoms. The number of carbonyl (C=O) groups is 3. The van der Waals surface area contributed by atoms with Crippen molar-refractivity contribution in [1.82, 2.24) is 0 Å². The van der Waals surface area contributed by atoms with E-state index in [1.165, 1.54) is 199 Å². The molecule has 0 N–H and O–H groups in total. The van der Waals surface area contributed by atoms with E-state index >= 15 is 0 Å². The molecule has 0 aliphatic carbocycles. The third kappa shape index (κ3) is 47.5. The Kier molecular flexibility index (Phi) is 47.2. The molecule has 0 aliphatic heterocycles. The minimum absolute atomic E-state index is 0.0626. The van der Waals surface area contributed by atoms with Crippen LogP contribution >= 0.6 is 0 Å². The zero-order chi connectivity index (χ0) is 43.8. The van der Waals surface area contributed by atoms with Gasteiger partial charge in [-0.25, -0.2) is 0 Å². The van der Waals surface area contributed by atoms with E-state index in [0.29, 0.717) is 19.3 Å². The highest BCUT2D eigenvalue weighted by molar-refractivity contribution is 5.71. The van der Waals surface area contributed by atoms with Crippen molar-refractivity contribution in [3.05, 3.63) is 0 Å². The van der Waals surface area contributed by atoms with Gasteiger partial charge >= 0.3 is 17.9 Å². The molecular weight excluding hydrogens is 745 g/mol. The van der Waals surface area contributed by atoms with Crippen LogP contribution in [-0.4, -0.2) is 37.2 Å². The van der Waals surface area contributed by atoms with E-state index < -0.39 is 6.10 Å². The summed E-state index contributed by atoms with van der Waals surface area (Å²) in [5.41, 5.74) is 0. The maximum absolute atomic E-state index is 12.7. The molecule has 0 spiro atoms. The van der Waals surface area contributed by atoms with Gasteiger partial charge in [0.25, 0.3) is 0 Å². The molecule has 6 nitrogen and oxygen atoms in total. The number of ether oxygens (including phenoxy) is 3. The van der Waals surface area contributed by atoms with Gasteiger partial charge in [0.2, 0.25) is 0 Å². The monoisotopic (exact) mass is 849 g/mol. The molecule has 0 rings (SSSR count). The lowest BCUT2D eigenvalue weighted by molar-refractivity contribution is -0.167. The minimum Gasteiger partial charge on any atom is -0.462 e. The second-order valence-electron chi connectivity index (χ2n) is 19.0. The standard InChI is InChI=1S/C54H104O6/c1-5-7-9-11-13-15-16-26-30-33-37-41-45-52(55)58-48-51(60-54(57)47-43-39-35-28-14-12-10-8-6-2)49-59-53(56)46-42-38-34-31-27-24-22-20-18-17-19-21-23-25-29-32-36-40-44-50(3)4/h50-51H,5-49H2,1-4H3/t51-/m1/s1. The third-order valence-corrected chi connectivity index (χ3v) is 12.3. The van der Waals surface area contributed by atoms with Crippen LogP contribution in [0.5, 0.6) is 0 Å². The van der Waals surface area contributed by atoms with E-state index in [2.05, 4.69) is 27.7 Å². The van der Waals surface area contributed by atoms with E-state index in [4.69, 9.17) is 14.2 Å². The van der Waals surface area contributed by atoms with Crippen molar-refractivity contribution in [2.45, 2.75) is 310 Å². The predicted octanol–water partition coefficient (Wildman–Crippen LogP) is 17.5. The molecule has 0 aromatic heterocycles. The van der Waals surface area contributed by atoms with Gasteiger partial charge in [-0.3, -0.25) is 14.4 Å². The Morgan fingerprint density at radius 3 is 0.817 bits per heavy atom. The van der Waals surface area contributed by atoms with Gasteiger partial charge in [-0.1, -0.05) is 265 Å². The van der Waals surface area contributed by atoms with Crippen LogP contribution in [0.1, 0.15) is 304 Å². The summed E-state index contributed by atoms with van der Waals surface area (Å²) in [6, 6.07) is 0. The van der Waals surface area contributed by atoms with Gasteiger partial charge in [-0.05, 0) is 25.2 Å². The Morgan fingerprint density at radius 1 is 0.317 bits per heavy atom. The maximum Gasteiger partial charge on any atom is 0.306 e. The van der Waals surface area contributed by atoms with Crippen molar-refractivity contribution < 1.29 is 28.6 Å². The number of rotatable bonds is 49. The van der Waals surface area contributed by atoms with Crippen molar-refractivity contribution in [1.29, 1.82) is 0 Å². The SMILES string of the molecule is CCCCCCCCCCCCCCC(=O)OC[C@H](COC(=O)CCCCCCCCCCCCCCCCCCCCC(C)C)OC(=O)CCCCCCCCCCC. The van der Waals surface area contributed by atoms with Crippen LogP contribution in [0.2, 0.25) is 0 Å². The van der Waals surface area contributed by atoms with Gasteiger partial charge < -0.3 is 14.2 Å². The van der Waals surface area contributed by atoms with Crippen LogP contribution in [0.4, 0.5) is 0 Å². The molecule has 0 fully saturated rings. The lowest BCUT2D eigenvalue weighted by Gasteiger charge is -2.18. The van der Waals surface area contributed by atoms with Crippen LogP contribution in [0.15, 0.2) is 0 Å². The number of carbonyl (C=O) groups excluding carboxylic acids is 3. The molecule has 0 saturated carbocycles. The Labute approximate surface area is 374 Å². The first-order valence-electron chi connectivity index (χ1n) is 26.9. The average Bonchev–Trinajstić information content (AvgIpc) is 3.23. The Bertz CT molecular complexity index is 903. The van der Waals surface area contributed by atoms with Gasteiger partial charge in [-0.15, -0.1) is 0 Å². The van der Waals surface area contributed by atoms with Gasteiger partial charge in [0.1, 0.15) is 13.2 Å². The summed E-state index contributed by atoms with van der Waals surface area (Å²) >= 11 is 0. The van der Waals surface area contributed by atoms with Gasteiger partial charge in [0.15, 0.2) is 6.10 Å². The molecule has 0 unspecified atom stereocenters. The number of unbranched alkanes of at least 4 members (excludes halogenated alkanes) is 36. The highest BCUT2D eigenvalue weighted by Gasteiger charge is 2.19. The van der Waals surface area contributed by atoms with Crippen molar-refractivity contribution >= 4 is 17.9 Å². The molecule has 356 valence electrons. The Morgan fingerprint density at radius 2 is 0.550 bits per heavy atom. The number of hydrogen-bond acceptors (Lipinski definition) is 6. The summed E-state index contributed by atoms with van der Waals surface area (Å²) in [6.07, 6.45) is 51.0. The summed E-state index contributed by atoms with van der Waals surface area (Å²) in [6.45, 7) is 9.03. The summed E-state index contributed by atoms with van der Waals surface area (Å²) in [7, 11) is 0. The largest absolute Gasteiger partial charge is 0.462 e. The summed E-state index contributed by atoms with van der Waals surface area (Å²) in [5, 5.41) is 0. The van der Waals surface area contributed by atoms with Crippen LogP contribution in [-0.2, 0) is 28.6 Å². The third-order valence-electron chi connectivity index (χ3n) is 12.3. The van der Waals surface area contributed by atoms with Gasteiger partial charge in [0, 0.05) is 19.3 Å². The normalized spacial score (nSPS) is 11.9. The van der Waals surface area contributed by atoms with Crippen LogP contribution in [0.3, 0.4) is 0 Å². The molecule has 0 radical (unpaired) electrons. The molecule has 0 aromatic carbocycles. The Hall–Kier alpha value is -1.59. The molecule has 0 heterocycles. The highest BCUT2D eigenvalue weighted by atomic mass is 16.6. The quantitative estimate of drug-likeness (QED) is 0.0345. The minimum atomic E-state index is -0.759. The smallest absolute Gasteiger partial charge is 0.306 e. The first-order chi connectivity index (χ1) is 29.4. The second-order valence-corrected chi connectivity index (χ2v) is 19.0. The summed E-state index contributed by atoms with van der Waals surface area (Å²) in [4.78, 5) is 37.9. The number of esters is 3. The molecule has 6 heteroatoms. The molecule has 60 heavy (non-hydrogen) atoms. The molecule has 0 saturated heterocycles. The lowest BCUT2D eigenvalue weighted by Crippen LogP contribution is -2.30. The lowest BCUT2D eigenvalue weighted by atomic mass is 10.0. The molecule has 0 aromatic rings. The van der Waals surface area contributed by atoms with Crippen molar-refractivity contribution in [2.24, 2.45) is 5.92 Å². The van der Waals surface area contributed by atoms with Crippen LogP contribution in [0, 0.1) is 5.92 Å². The zero-order valence-electron chi connectivity index (χ0n) is 40.9. The van der Waals surface area contributed by atoms with E-state index in [1.807, 2.05) is 0 Å². The van der Waals surface area contributed by atoms with E-state index in [9.17, 15) is 14.4 Å². The summed E-state index contributed by atoms with van der Waals surface area (Å²) in [5.74, 6) is 0.0138. The first kappa shape index (κ1) is 58.4. The van der Waals surface area contributed by atoms with E-state index in [1.54, 1.807) is 0 Å². The molecule has 0 amide bonds. The molecular formula is C54H104O6. The second kappa shape index (κ2) is 48.4. The number of hydrogen-bond donors (Lipinski definition) is 0. The first-order valence-corrected chi connectivity index (χ1v) is 26.9. The van der Waals surface area contributed by atoms with Crippen molar-refractivity contribution in [3.63, 3.8) is 0 Å². The topological polar surface area (TPSA) is 78.9 Å². The predicted molar refractivity (Wildman–Crippen MR) is 257 cm³/mol. The average molecular weight is 849 g/mol. The van der Waals surface area contributed by atoms with Gasteiger partial charge in [0.05, 0.1) is 0 Å². The van der Waals surface area contributed by atoms with Crippen LogP contribution in [0.25, 0.3) is 0 Å². The zero-order valence-corrected chi connectivity index (χ0v) is 40.9. The van der Waals surface area contributed by atoms with Gasteiger partial charge in [-0.2, -0.15) is 0 Å². The fraction of sp³-hybridized carbons (Fsp3) is 0.944. The fourth-order valence-corrected chi connectivity index (χ4v) is 8.22. The molecule has 0 aliphatic rings. The highest BCUT2D eigenvalue weighted by Crippen LogP contribution is 2.17. The van der Waals surface area contributed by atoms with Crippen molar-refractivity contribution in [3.8, 4) is 0 Å². The van der Waals surface area contributed by atoms with E-state index in [0.717, 1.165) is 63.7 Å². The van der Waals surface area contributed by atoms with E-state index in [-0.39, 0.29) is 31.1 Å². The molecule has 1 atom stereocenters. The Balaban J connectivity index is 4.15. The fourth-order valence-electron chi connectivity index (χ4n) is 8.22. The van der Waals surface area contributed by atoms with Crippen LogP contribution < -0.4 is 0 Å².